The number of urea groups is 1. The SMILES string of the molecule is O=C(NCc1ccc(F)cc1)C1CCN(C(=O)Nc2cccc(-n3cccc3)c2)CC1. The zero-order valence-electron chi connectivity index (χ0n) is 17.1. The topological polar surface area (TPSA) is 66.4 Å². The Hall–Kier alpha value is -3.61. The molecule has 1 aromatic heterocycles. The molecule has 1 saturated heterocycles. The second-order valence-corrected chi connectivity index (χ2v) is 7.68. The lowest BCUT2D eigenvalue weighted by Gasteiger charge is -2.31. The molecule has 0 bridgehead atoms. The Bertz CT molecular complexity index is 1030. The van der Waals surface area contributed by atoms with Crippen LogP contribution in [0.3, 0.4) is 0 Å². The van der Waals surface area contributed by atoms with Crippen LogP contribution in [-0.2, 0) is 11.3 Å². The molecule has 0 unspecified atom stereocenters. The summed E-state index contributed by atoms with van der Waals surface area (Å²) >= 11 is 0. The van der Waals surface area contributed by atoms with Gasteiger partial charge in [0, 0.05) is 49.3 Å². The Balaban J connectivity index is 1.25. The van der Waals surface area contributed by atoms with E-state index in [2.05, 4.69) is 10.6 Å². The van der Waals surface area contributed by atoms with Gasteiger partial charge < -0.3 is 20.1 Å². The number of nitrogens with one attached hydrogen (secondary N) is 2. The minimum Gasteiger partial charge on any atom is -0.352 e. The van der Waals surface area contributed by atoms with Crippen molar-refractivity contribution < 1.29 is 14.0 Å². The van der Waals surface area contributed by atoms with Gasteiger partial charge >= 0.3 is 6.03 Å². The first-order valence-electron chi connectivity index (χ1n) is 10.4. The molecule has 160 valence electrons. The zero-order chi connectivity index (χ0) is 21.6. The molecule has 0 atom stereocenters. The Morgan fingerprint density at radius 3 is 2.39 bits per heavy atom. The third-order valence-electron chi connectivity index (χ3n) is 5.53. The molecule has 0 aliphatic carbocycles. The van der Waals surface area contributed by atoms with Gasteiger partial charge in [-0.15, -0.1) is 0 Å². The number of carbonyl (C=O) groups is 2. The summed E-state index contributed by atoms with van der Waals surface area (Å²) < 4.78 is 15.0. The van der Waals surface area contributed by atoms with Crippen molar-refractivity contribution in [3.63, 3.8) is 0 Å². The fraction of sp³-hybridized carbons (Fsp3) is 0.250. The second-order valence-electron chi connectivity index (χ2n) is 7.68. The summed E-state index contributed by atoms with van der Waals surface area (Å²) in [4.78, 5) is 26.8. The van der Waals surface area contributed by atoms with E-state index in [1.165, 1.54) is 12.1 Å². The number of piperidine rings is 1. The van der Waals surface area contributed by atoms with Crippen LogP contribution in [0.1, 0.15) is 18.4 Å². The summed E-state index contributed by atoms with van der Waals surface area (Å²) in [6.45, 7) is 1.42. The number of amides is 3. The molecule has 0 saturated carbocycles. The maximum Gasteiger partial charge on any atom is 0.321 e. The van der Waals surface area contributed by atoms with Gasteiger partial charge in [-0.05, 0) is 60.9 Å². The third-order valence-corrected chi connectivity index (χ3v) is 5.53. The first-order chi connectivity index (χ1) is 15.1. The lowest BCUT2D eigenvalue weighted by atomic mass is 9.96. The van der Waals surface area contributed by atoms with Gasteiger partial charge in [-0.1, -0.05) is 18.2 Å². The van der Waals surface area contributed by atoms with Crippen molar-refractivity contribution in [1.82, 2.24) is 14.8 Å². The number of likely N-dealkylation sites (tertiary alicyclic amines) is 1. The van der Waals surface area contributed by atoms with Crippen LogP contribution in [0.5, 0.6) is 0 Å². The number of carbonyl (C=O) groups excluding carboxylic acids is 2. The number of aromatic nitrogens is 1. The number of anilines is 1. The highest BCUT2D eigenvalue weighted by molar-refractivity contribution is 5.90. The standard InChI is InChI=1S/C24H25FN4O2/c25-20-8-6-18(7-9-20)17-26-23(30)19-10-14-29(15-11-19)24(31)27-21-4-3-5-22(16-21)28-12-1-2-13-28/h1-9,12-13,16,19H,10-11,14-15,17H2,(H,26,30)(H,27,31). The van der Waals surface area contributed by atoms with E-state index in [9.17, 15) is 14.0 Å². The van der Waals surface area contributed by atoms with E-state index >= 15 is 0 Å². The van der Waals surface area contributed by atoms with Crippen LogP contribution < -0.4 is 10.6 Å². The largest absolute Gasteiger partial charge is 0.352 e. The van der Waals surface area contributed by atoms with Crippen molar-refractivity contribution in [2.24, 2.45) is 5.92 Å². The number of hydrogen-bond acceptors (Lipinski definition) is 2. The molecule has 4 rings (SSSR count). The Morgan fingerprint density at radius 2 is 1.68 bits per heavy atom. The van der Waals surface area contributed by atoms with E-state index in [0.717, 1.165) is 16.9 Å². The van der Waals surface area contributed by atoms with Crippen molar-refractivity contribution in [3.8, 4) is 5.69 Å². The molecule has 7 heteroatoms. The van der Waals surface area contributed by atoms with Crippen molar-refractivity contribution in [1.29, 1.82) is 0 Å². The van der Waals surface area contributed by atoms with E-state index in [1.807, 2.05) is 53.4 Å². The summed E-state index contributed by atoms with van der Waals surface area (Å²) in [5.41, 5.74) is 2.56. The average Bonchev–Trinajstić information content (AvgIpc) is 3.34. The Kier molecular flexibility index (Phi) is 6.31. The molecule has 2 heterocycles. The number of benzene rings is 2. The Morgan fingerprint density at radius 1 is 0.968 bits per heavy atom. The molecule has 1 aliphatic rings. The molecule has 0 radical (unpaired) electrons. The number of nitrogens with zero attached hydrogens (tertiary/aromatic N) is 2. The van der Waals surface area contributed by atoms with Crippen LogP contribution in [0, 0.1) is 11.7 Å². The van der Waals surface area contributed by atoms with Gasteiger partial charge in [0.2, 0.25) is 5.91 Å². The molecule has 31 heavy (non-hydrogen) atoms. The first-order valence-corrected chi connectivity index (χ1v) is 10.4. The highest BCUT2D eigenvalue weighted by atomic mass is 19.1. The number of hydrogen-bond donors (Lipinski definition) is 2. The third kappa shape index (κ3) is 5.31. The van der Waals surface area contributed by atoms with Crippen LogP contribution >= 0.6 is 0 Å². The summed E-state index contributed by atoms with van der Waals surface area (Å²) in [5.74, 6) is -0.442. The molecule has 6 nitrogen and oxygen atoms in total. The minimum absolute atomic E-state index is 0.0243. The normalized spacial score (nSPS) is 14.3. The molecular weight excluding hydrogens is 395 g/mol. The second kappa shape index (κ2) is 9.47. The number of rotatable bonds is 5. The summed E-state index contributed by atoms with van der Waals surface area (Å²) in [7, 11) is 0. The van der Waals surface area contributed by atoms with E-state index < -0.39 is 0 Å². The maximum absolute atomic E-state index is 13.0. The summed E-state index contributed by atoms with van der Waals surface area (Å²) in [6.07, 6.45) is 5.14. The monoisotopic (exact) mass is 420 g/mol. The molecule has 1 fully saturated rings. The molecule has 1 aliphatic heterocycles. The molecule has 2 aromatic carbocycles. The highest BCUT2D eigenvalue weighted by Gasteiger charge is 2.27. The summed E-state index contributed by atoms with van der Waals surface area (Å²) in [6, 6.07) is 17.5. The van der Waals surface area contributed by atoms with Gasteiger partial charge in [0.25, 0.3) is 0 Å². The average molecular weight is 420 g/mol. The van der Waals surface area contributed by atoms with Crippen molar-refractivity contribution in [2.45, 2.75) is 19.4 Å². The minimum atomic E-state index is -0.294. The fourth-order valence-electron chi connectivity index (χ4n) is 3.73. The van der Waals surface area contributed by atoms with Crippen LogP contribution in [0.4, 0.5) is 14.9 Å². The quantitative estimate of drug-likeness (QED) is 0.650. The van der Waals surface area contributed by atoms with Gasteiger partial charge in [-0.3, -0.25) is 4.79 Å². The molecular formula is C24H25FN4O2. The fourth-order valence-corrected chi connectivity index (χ4v) is 3.73. The van der Waals surface area contributed by atoms with Gasteiger partial charge in [-0.25, -0.2) is 9.18 Å². The van der Waals surface area contributed by atoms with Gasteiger partial charge in [0.1, 0.15) is 5.82 Å². The van der Waals surface area contributed by atoms with Crippen molar-refractivity contribution >= 4 is 17.6 Å². The predicted molar refractivity (Wildman–Crippen MR) is 117 cm³/mol. The summed E-state index contributed by atoms with van der Waals surface area (Å²) in [5, 5.41) is 5.86. The maximum atomic E-state index is 13.0. The number of halogens is 1. The van der Waals surface area contributed by atoms with Gasteiger partial charge in [0.05, 0.1) is 0 Å². The van der Waals surface area contributed by atoms with Crippen LogP contribution in [0.25, 0.3) is 5.69 Å². The van der Waals surface area contributed by atoms with Crippen molar-refractivity contribution in [3.05, 3.63) is 84.4 Å². The lowest BCUT2D eigenvalue weighted by molar-refractivity contribution is -0.126. The molecule has 3 amide bonds. The predicted octanol–water partition coefficient (Wildman–Crippen LogP) is 4.18. The smallest absolute Gasteiger partial charge is 0.321 e. The van der Waals surface area contributed by atoms with Gasteiger partial charge in [0.15, 0.2) is 0 Å². The first kappa shape index (κ1) is 20.7. The Labute approximate surface area is 180 Å². The van der Waals surface area contributed by atoms with Crippen molar-refractivity contribution in [2.75, 3.05) is 18.4 Å². The van der Waals surface area contributed by atoms with E-state index in [-0.39, 0.29) is 23.7 Å². The molecule has 0 spiro atoms. The van der Waals surface area contributed by atoms with Crippen LogP contribution in [0.15, 0.2) is 73.1 Å². The van der Waals surface area contributed by atoms with Crippen LogP contribution in [0.2, 0.25) is 0 Å². The molecule has 3 aromatic rings. The van der Waals surface area contributed by atoms with E-state index in [4.69, 9.17) is 0 Å². The highest BCUT2D eigenvalue weighted by Crippen LogP contribution is 2.20. The van der Waals surface area contributed by atoms with E-state index in [0.29, 0.717) is 32.5 Å². The van der Waals surface area contributed by atoms with Gasteiger partial charge in [-0.2, -0.15) is 0 Å². The molecule has 2 N–H and O–H groups in total. The van der Waals surface area contributed by atoms with Crippen LogP contribution in [-0.4, -0.2) is 34.5 Å². The zero-order valence-corrected chi connectivity index (χ0v) is 17.1. The lowest BCUT2D eigenvalue weighted by Crippen LogP contribution is -2.44. The van der Waals surface area contributed by atoms with E-state index in [1.54, 1.807) is 17.0 Å².